The predicted molar refractivity (Wildman–Crippen MR) is 173 cm³/mol. The number of nitrogens with one attached hydrogen (secondary N) is 2. The predicted octanol–water partition coefficient (Wildman–Crippen LogP) is 3.23. The van der Waals surface area contributed by atoms with Crippen LogP contribution in [-0.4, -0.2) is 68.2 Å². The van der Waals surface area contributed by atoms with Gasteiger partial charge in [-0.3, -0.25) is 18.8 Å². The molecule has 0 aliphatic carbocycles. The number of piperazine rings is 1. The van der Waals surface area contributed by atoms with Crippen LogP contribution >= 0.6 is 0 Å². The summed E-state index contributed by atoms with van der Waals surface area (Å²) in [6.07, 6.45) is 3.06. The molecule has 234 valence electrons. The first-order valence-electron chi connectivity index (χ1n) is 14.9. The molecule has 1 saturated heterocycles. The molecule has 1 amide bonds. The highest BCUT2D eigenvalue weighted by atomic mass is 16.5. The maximum atomic E-state index is 13.9. The Kier molecular flexibility index (Phi) is 9.04. The van der Waals surface area contributed by atoms with Crippen molar-refractivity contribution in [1.29, 1.82) is 5.26 Å². The number of benzene rings is 2. The first-order chi connectivity index (χ1) is 21.5. The highest BCUT2D eigenvalue weighted by Gasteiger charge is 2.29. The lowest BCUT2D eigenvalue weighted by atomic mass is 9.93. The molecule has 0 saturated carbocycles. The summed E-state index contributed by atoms with van der Waals surface area (Å²) < 4.78 is 8.94. The van der Waals surface area contributed by atoms with Crippen molar-refractivity contribution in [3.8, 4) is 23.3 Å². The van der Waals surface area contributed by atoms with Crippen LogP contribution in [0.2, 0.25) is 0 Å². The molecular formula is C33H39N9O3. The topological polar surface area (TPSA) is 156 Å². The average molecular weight is 610 g/mol. The zero-order valence-corrected chi connectivity index (χ0v) is 26.1. The summed E-state index contributed by atoms with van der Waals surface area (Å²) in [7, 11) is 0. The van der Waals surface area contributed by atoms with Crippen molar-refractivity contribution >= 4 is 22.9 Å². The van der Waals surface area contributed by atoms with Crippen LogP contribution in [-0.2, 0) is 11.3 Å². The summed E-state index contributed by atoms with van der Waals surface area (Å²) in [5, 5.41) is 16.0. The van der Waals surface area contributed by atoms with E-state index < -0.39 is 16.9 Å². The van der Waals surface area contributed by atoms with Gasteiger partial charge >= 0.3 is 5.69 Å². The average Bonchev–Trinajstić information content (AvgIpc) is 3.31. The summed E-state index contributed by atoms with van der Waals surface area (Å²) in [5.74, 6) is 1.03. The monoisotopic (exact) mass is 609 g/mol. The maximum absolute atomic E-state index is 13.9. The fourth-order valence-corrected chi connectivity index (χ4v) is 5.50. The Hall–Kier alpha value is -4.99. The summed E-state index contributed by atoms with van der Waals surface area (Å²) in [5.41, 5.74) is 6.28. The van der Waals surface area contributed by atoms with Crippen LogP contribution in [0.3, 0.4) is 0 Å². The molecule has 1 fully saturated rings. The number of hydrogen-bond donors (Lipinski definition) is 3. The van der Waals surface area contributed by atoms with E-state index in [1.165, 1.54) is 10.9 Å². The minimum Gasteiger partial charge on any atom is -0.457 e. The lowest BCUT2D eigenvalue weighted by molar-refractivity contribution is -0.117. The molecule has 12 heteroatoms. The molecule has 2 aromatic heterocycles. The number of hydrogen-bond acceptors (Lipinski definition) is 9. The van der Waals surface area contributed by atoms with E-state index in [0.29, 0.717) is 28.4 Å². The van der Waals surface area contributed by atoms with Crippen LogP contribution in [0, 0.1) is 16.7 Å². The second-order valence-electron chi connectivity index (χ2n) is 12.5. The number of anilines is 1. The molecule has 4 N–H and O–H groups in total. The summed E-state index contributed by atoms with van der Waals surface area (Å²) in [4.78, 5) is 37.8. The van der Waals surface area contributed by atoms with Crippen molar-refractivity contribution in [1.82, 2.24) is 34.6 Å². The second kappa shape index (κ2) is 12.9. The molecule has 2 aromatic carbocycles. The Morgan fingerprint density at radius 2 is 1.73 bits per heavy atom. The standard InChI is InChI=1S/C33H39N9O3/c1-32(2,20-37-30(43)23(19-34)18-33(3,4)40-16-14-36-15-17-40)21-41-29-27(28(35)38-22-39-29)42(31(41)44)24-10-12-26(13-11-24)45-25-8-6-5-7-9-25/h5-13,18,22,36H,14-17,20-21H2,1-4H3,(H,37,43)(H2,35,38,39). The molecule has 12 nitrogen and oxygen atoms in total. The van der Waals surface area contributed by atoms with Gasteiger partial charge in [0.2, 0.25) is 0 Å². The summed E-state index contributed by atoms with van der Waals surface area (Å²) >= 11 is 0. The molecule has 0 spiro atoms. The Balaban J connectivity index is 1.36. The number of aromatic nitrogens is 4. The number of carbonyl (C=O) groups excluding carboxylic acids is 1. The Morgan fingerprint density at radius 1 is 1.07 bits per heavy atom. The van der Waals surface area contributed by atoms with Crippen molar-refractivity contribution < 1.29 is 9.53 Å². The molecule has 0 unspecified atom stereocenters. The molecule has 1 aliphatic rings. The number of nitriles is 1. The van der Waals surface area contributed by atoms with Gasteiger partial charge in [0.05, 0.1) is 5.69 Å². The first-order valence-corrected chi connectivity index (χ1v) is 14.9. The molecule has 0 atom stereocenters. The van der Waals surface area contributed by atoms with Gasteiger partial charge in [-0.05, 0) is 56.3 Å². The van der Waals surface area contributed by atoms with E-state index in [1.807, 2.05) is 58.0 Å². The molecule has 5 rings (SSSR count). The van der Waals surface area contributed by atoms with Gasteiger partial charge in [0, 0.05) is 50.2 Å². The number of ether oxygens (including phenoxy) is 1. The molecular weight excluding hydrogens is 570 g/mol. The van der Waals surface area contributed by atoms with Crippen molar-refractivity contribution in [2.45, 2.75) is 39.8 Å². The molecule has 0 bridgehead atoms. The zero-order valence-electron chi connectivity index (χ0n) is 26.1. The number of rotatable bonds is 10. The summed E-state index contributed by atoms with van der Waals surface area (Å²) in [6, 6.07) is 18.6. The number of carbonyl (C=O) groups is 1. The summed E-state index contributed by atoms with van der Waals surface area (Å²) in [6.45, 7) is 11.7. The highest BCUT2D eigenvalue weighted by Crippen LogP contribution is 2.27. The van der Waals surface area contributed by atoms with Gasteiger partial charge in [-0.25, -0.2) is 14.8 Å². The van der Waals surface area contributed by atoms with Crippen LogP contribution in [0.5, 0.6) is 11.5 Å². The lowest BCUT2D eigenvalue weighted by Crippen LogP contribution is -2.52. The van der Waals surface area contributed by atoms with Gasteiger partial charge in [-0.1, -0.05) is 32.0 Å². The minimum atomic E-state index is -0.597. The molecule has 4 aromatic rings. The molecule has 0 radical (unpaired) electrons. The Morgan fingerprint density at radius 3 is 2.40 bits per heavy atom. The number of para-hydroxylation sites is 1. The van der Waals surface area contributed by atoms with Crippen molar-refractivity contribution in [2.75, 3.05) is 38.5 Å². The third kappa shape index (κ3) is 7.06. The minimum absolute atomic E-state index is 0.0586. The Bertz CT molecular complexity index is 1790. The van der Waals surface area contributed by atoms with Crippen LogP contribution in [0.1, 0.15) is 27.7 Å². The van der Waals surface area contributed by atoms with Gasteiger partial charge in [0.15, 0.2) is 11.5 Å². The number of amides is 1. The Labute approximate surface area is 262 Å². The molecule has 3 heterocycles. The van der Waals surface area contributed by atoms with Gasteiger partial charge < -0.3 is 21.1 Å². The van der Waals surface area contributed by atoms with Crippen LogP contribution in [0.15, 0.2) is 77.4 Å². The van der Waals surface area contributed by atoms with E-state index in [2.05, 4.69) is 31.6 Å². The van der Waals surface area contributed by atoms with Crippen LogP contribution < -0.4 is 26.8 Å². The van der Waals surface area contributed by atoms with Gasteiger partial charge in [0.1, 0.15) is 35.0 Å². The quantitative estimate of drug-likeness (QED) is 0.181. The fraction of sp³-hybridized carbons (Fsp3) is 0.364. The van der Waals surface area contributed by atoms with Gasteiger partial charge in [0.25, 0.3) is 5.91 Å². The number of imidazole rings is 1. The number of fused-ring (bicyclic) bond motifs is 1. The van der Waals surface area contributed by atoms with E-state index in [9.17, 15) is 14.9 Å². The lowest BCUT2D eigenvalue weighted by Gasteiger charge is -2.39. The van der Waals surface area contributed by atoms with Crippen LogP contribution in [0.25, 0.3) is 16.9 Å². The SMILES string of the molecule is CC(C)(CNC(=O)C(C#N)=CC(C)(C)N1CCNCC1)Cn1c(=O)n(-c2ccc(Oc3ccccc3)cc2)c2c(N)ncnc21. The van der Waals surface area contributed by atoms with Gasteiger partial charge in [-0.2, -0.15) is 5.26 Å². The number of nitrogens with two attached hydrogens (primary N) is 1. The smallest absolute Gasteiger partial charge is 0.335 e. The normalized spacial score (nSPS) is 14.7. The van der Waals surface area contributed by atoms with Crippen molar-refractivity contribution in [3.63, 3.8) is 0 Å². The zero-order chi connectivity index (χ0) is 32.2. The van der Waals surface area contributed by atoms with E-state index in [-0.39, 0.29) is 30.2 Å². The number of nitrogen functional groups attached to an aromatic ring is 1. The van der Waals surface area contributed by atoms with Crippen molar-refractivity contribution in [2.24, 2.45) is 5.41 Å². The third-order valence-electron chi connectivity index (χ3n) is 7.91. The molecule has 1 aliphatic heterocycles. The van der Waals surface area contributed by atoms with Crippen molar-refractivity contribution in [3.05, 3.63) is 83.1 Å². The van der Waals surface area contributed by atoms with Gasteiger partial charge in [-0.15, -0.1) is 0 Å². The van der Waals surface area contributed by atoms with E-state index in [1.54, 1.807) is 34.9 Å². The maximum Gasteiger partial charge on any atom is 0.335 e. The van der Waals surface area contributed by atoms with E-state index in [0.717, 1.165) is 26.2 Å². The van der Waals surface area contributed by atoms with Crippen LogP contribution in [0.4, 0.5) is 5.82 Å². The number of nitrogens with zero attached hydrogens (tertiary/aromatic N) is 6. The highest BCUT2D eigenvalue weighted by molar-refractivity contribution is 5.97. The van der Waals surface area contributed by atoms with E-state index in [4.69, 9.17) is 10.5 Å². The second-order valence-corrected chi connectivity index (χ2v) is 12.5. The molecule has 45 heavy (non-hydrogen) atoms. The largest absolute Gasteiger partial charge is 0.457 e. The van der Waals surface area contributed by atoms with E-state index >= 15 is 0 Å². The third-order valence-corrected chi connectivity index (χ3v) is 7.91. The first kappa shape index (κ1) is 31.4. The fourth-order valence-electron chi connectivity index (χ4n) is 5.50.